The van der Waals surface area contributed by atoms with E-state index in [0.717, 1.165) is 17.1 Å². The zero-order chi connectivity index (χ0) is 25.6. The molecule has 1 heterocycles. The average molecular weight is 518 g/mol. The molecule has 0 aliphatic heterocycles. The summed E-state index contributed by atoms with van der Waals surface area (Å²) in [6.45, 7) is 9.89. The van der Waals surface area contributed by atoms with E-state index in [1.54, 1.807) is 25.3 Å². The van der Waals surface area contributed by atoms with Crippen LogP contribution in [-0.2, 0) is 5.41 Å². The van der Waals surface area contributed by atoms with Crippen LogP contribution in [0.4, 0.5) is 18.9 Å². The highest BCUT2D eigenvalue weighted by Crippen LogP contribution is 2.38. The van der Waals surface area contributed by atoms with E-state index >= 15 is 4.39 Å². The van der Waals surface area contributed by atoms with Gasteiger partial charge in [0, 0.05) is 17.2 Å². The number of benzene rings is 2. The van der Waals surface area contributed by atoms with E-state index in [1.165, 1.54) is 29.7 Å². The Morgan fingerprint density at radius 3 is 2.46 bits per heavy atom. The van der Waals surface area contributed by atoms with Crippen molar-refractivity contribution in [1.29, 1.82) is 0 Å². The van der Waals surface area contributed by atoms with Gasteiger partial charge < -0.3 is 10.0 Å². The summed E-state index contributed by atoms with van der Waals surface area (Å²) in [4.78, 5) is 13.5. The maximum Gasteiger partial charge on any atom is 0.156 e. The van der Waals surface area contributed by atoms with Crippen molar-refractivity contribution in [2.24, 2.45) is 9.98 Å². The molecule has 0 radical (unpaired) electrons. The minimum Gasteiger partial charge on any atom is -0.323 e. The van der Waals surface area contributed by atoms with Gasteiger partial charge >= 0.3 is 0 Å². The lowest BCUT2D eigenvalue weighted by Gasteiger charge is -2.13. The first-order chi connectivity index (χ1) is 16.7. The number of halogens is 3. The van der Waals surface area contributed by atoms with Crippen molar-refractivity contribution in [2.45, 2.75) is 31.1 Å². The molecular formula is C25H26F3N5S2. The van der Waals surface area contributed by atoms with E-state index in [-0.39, 0.29) is 21.6 Å². The number of nitrogens with zero attached hydrogens (tertiary/aromatic N) is 3. The smallest absolute Gasteiger partial charge is 0.156 e. The van der Waals surface area contributed by atoms with Crippen LogP contribution in [0.2, 0.25) is 0 Å². The van der Waals surface area contributed by atoms with E-state index in [9.17, 15) is 8.78 Å². The van der Waals surface area contributed by atoms with Crippen LogP contribution in [-0.4, -0.2) is 31.1 Å². The van der Waals surface area contributed by atoms with Gasteiger partial charge in [-0.1, -0.05) is 32.9 Å². The highest BCUT2D eigenvalue weighted by atomic mass is 32.2. The first-order valence-electron chi connectivity index (χ1n) is 10.7. The molecule has 35 heavy (non-hydrogen) atoms. The monoisotopic (exact) mass is 517 g/mol. The van der Waals surface area contributed by atoms with Crippen LogP contribution >= 0.6 is 23.3 Å². The lowest BCUT2D eigenvalue weighted by molar-refractivity contribution is 0.541. The van der Waals surface area contributed by atoms with Crippen LogP contribution in [0.25, 0.3) is 11.3 Å². The number of allylic oxidation sites excluding steroid dienone is 1. The number of thiazole rings is 1. The molecule has 0 aliphatic rings. The van der Waals surface area contributed by atoms with Crippen LogP contribution in [0.5, 0.6) is 0 Å². The molecule has 10 heteroatoms. The number of nitrogens with one attached hydrogen (secondary N) is 2. The highest BCUT2D eigenvalue weighted by Gasteiger charge is 2.26. The lowest BCUT2D eigenvalue weighted by atomic mass is 9.98. The average Bonchev–Trinajstić information content (AvgIpc) is 3.25. The van der Waals surface area contributed by atoms with Gasteiger partial charge in [0.25, 0.3) is 0 Å². The zero-order valence-corrected chi connectivity index (χ0v) is 21.5. The summed E-state index contributed by atoms with van der Waals surface area (Å²) in [6, 6.07) is 8.34. The maximum absolute atomic E-state index is 15.7. The molecule has 0 spiro atoms. The molecule has 1 aromatic heterocycles. The van der Waals surface area contributed by atoms with Gasteiger partial charge in [-0.15, -0.1) is 11.3 Å². The van der Waals surface area contributed by atoms with Crippen LogP contribution < -0.4 is 10.0 Å². The zero-order valence-electron chi connectivity index (χ0n) is 19.8. The highest BCUT2D eigenvalue weighted by molar-refractivity contribution is 8.00. The Labute approximate surface area is 211 Å². The second-order valence-electron chi connectivity index (χ2n) is 8.42. The van der Waals surface area contributed by atoms with Crippen molar-refractivity contribution < 1.29 is 13.2 Å². The quantitative estimate of drug-likeness (QED) is 0.241. The molecule has 2 aromatic carbocycles. The van der Waals surface area contributed by atoms with E-state index in [1.807, 2.05) is 20.8 Å². The molecular weight excluding hydrogens is 491 g/mol. The minimum atomic E-state index is -0.733. The van der Waals surface area contributed by atoms with Crippen molar-refractivity contribution in [3.05, 3.63) is 76.0 Å². The molecule has 0 unspecified atom stereocenters. The second-order valence-corrected chi connectivity index (χ2v) is 10.2. The number of anilines is 1. The summed E-state index contributed by atoms with van der Waals surface area (Å²) < 4.78 is 46.5. The number of rotatable bonds is 9. The number of aromatic nitrogens is 1. The Morgan fingerprint density at radius 1 is 1.14 bits per heavy atom. The Morgan fingerprint density at radius 2 is 1.83 bits per heavy atom. The molecule has 3 aromatic rings. The summed E-state index contributed by atoms with van der Waals surface area (Å²) in [7, 11) is 1.77. The van der Waals surface area contributed by atoms with E-state index < -0.39 is 17.5 Å². The predicted octanol–water partition coefficient (Wildman–Crippen LogP) is 6.82. The van der Waals surface area contributed by atoms with E-state index in [2.05, 4.69) is 26.7 Å². The normalized spacial score (nSPS) is 12.4. The third-order valence-corrected chi connectivity index (χ3v) is 7.10. The van der Waals surface area contributed by atoms with Crippen LogP contribution in [0, 0.1) is 17.5 Å². The predicted molar refractivity (Wildman–Crippen MR) is 141 cm³/mol. The Bertz CT molecular complexity index is 1240. The third-order valence-electron chi connectivity index (χ3n) is 4.68. The molecule has 0 saturated carbocycles. The number of hydrogen-bond acceptors (Lipinski definition) is 7. The summed E-state index contributed by atoms with van der Waals surface area (Å²) in [5.74, 6) is -2.06. The van der Waals surface area contributed by atoms with Gasteiger partial charge in [0.05, 0.1) is 38.5 Å². The van der Waals surface area contributed by atoms with E-state index in [0.29, 0.717) is 34.9 Å². The summed E-state index contributed by atoms with van der Waals surface area (Å²) in [6.07, 6.45) is 3.22. The summed E-state index contributed by atoms with van der Waals surface area (Å²) in [5, 5.41) is 3.78. The van der Waals surface area contributed by atoms with Crippen LogP contribution in [0.3, 0.4) is 0 Å². The van der Waals surface area contributed by atoms with Gasteiger partial charge in [-0.25, -0.2) is 18.2 Å². The molecule has 5 nitrogen and oxygen atoms in total. The largest absolute Gasteiger partial charge is 0.323 e. The summed E-state index contributed by atoms with van der Waals surface area (Å²) >= 11 is 2.09. The van der Waals surface area contributed by atoms with E-state index in [4.69, 9.17) is 4.98 Å². The fraction of sp³-hybridized carbons (Fsp3) is 0.240. The maximum atomic E-state index is 15.7. The van der Waals surface area contributed by atoms with Gasteiger partial charge in [-0.2, -0.15) is 0 Å². The fourth-order valence-electron chi connectivity index (χ4n) is 2.96. The van der Waals surface area contributed by atoms with Gasteiger partial charge in [-0.3, -0.25) is 9.98 Å². The molecule has 3 rings (SSSR count). The Kier molecular flexibility index (Phi) is 8.87. The molecule has 2 N–H and O–H groups in total. The van der Waals surface area contributed by atoms with Gasteiger partial charge in [0.15, 0.2) is 5.82 Å². The Hall–Kier alpha value is -2.95. The minimum absolute atomic E-state index is 0.0726. The molecule has 0 amide bonds. The van der Waals surface area contributed by atoms with Gasteiger partial charge in [-0.05, 0) is 56.1 Å². The first-order valence-corrected chi connectivity index (χ1v) is 12.3. The molecule has 184 valence electrons. The number of hydrogen-bond donors (Lipinski definition) is 2. The van der Waals surface area contributed by atoms with Crippen molar-refractivity contribution in [2.75, 3.05) is 18.4 Å². The Balaban J connectivity index is 2.09. The summed E-state index contributed by atoms with van der Waals surface area (Å²) in [5.41, 5.74) is 1.03. The molecule has 0 bridgehead atoms. The SMILES string of the molecule is C=N/C=C\C(=N/CNC)c1sc(C(C)(C)C)nc1-c1cccc(NSc2c(F)cccc2F)c1F. The van der Waals surface area contributed by atoms with Crippen molar-refractivity contribution in [3.63, 3.8) is 0 Å². The van der Waals surface area contributed by atoms with Crippen molar-refractivity contribution >= 4 is 41.4 Å². The first kappa shape index (κ1) is 26.7. The van der Waals surface area contributed by atoms with Crippen LogP contribution in [0.15, 0.2) is 63.6 Å². The van der Waals surface area contributed by atoms with Gasteiger partial charge in [0.1, 0.15) is 11.6 Å². The molecule has 0 atom stereocenters. The standard InChI is InChI=1S/C25H26F3N5S2/c1-25(2,3)24-32-21(23(34-24)19(12-13-29-4)31-14-30-5)15-8-6-11-18(20(15)28)33-35-22-16(26)9-7-10-17(22)27/h6-13,30,33H,4,14H2,1-3,5H3/b13-12-,31-19+. The van der Waals surface area contributed by atoms with Crippen molar-refractivity contribution in [1.82, 2.24) is 10.3 Å². The topological polar surface area (TPSA) is 61.7 Å². The van der Waals surface area contributed by atoms with Crippen molar-refractivity contribution in [3.8, 4) is 11.3 Å². The van der Waals surface area contributed by atoms with Crippen LogP contribution in [0.1, 0.15) is 30.7 Å². The molecule has 0 fully saturated rings. The van der Waals surface area contributed by atoms with Gasteiger partial charge in [0.2, 0.25) is 0 Å². The third kappa shape index (κ3) is 6.39. The molecule has 0 saturated heterocycles. The second kappa shape index (κ2) is 11.7. The lowest BCUT2D eigenvalue weighted by Crippen LogP contribution is -2.10. The fourth-order valence-corrected chi connectivity index (χ4v) is 4.79. The molecule has 0 aliphatic carbocycles. The number of aliphatic imine (C=N–C) groups is 2.